The lowest BCUT2D eigenvalue weighted by molar-refractivity contribution is -0.147. The van der Waals surface area contributed by atoms with Crippen LogP contribution >= 0.6 is 0 Å². The van der Waals surface area contributed by atoms with Crippen LogP contribution in [0.2, 0.25) is 0 Å². The van der Waals surface area contributed by atoms with Gasteiger partial charge in [0, 0.05) is 6.42 Å². The molecule has 1 heterocycles. The summed E-state index contributed by atoms with van der Waals surface area (Å²) in [7, 11) is -8.20. The van der Waals surface area contributed by atoms with Crippen molar-refractivity contribution in [2.75, 3.05) is 11.5 Å². The average molecular weight is 399 g/mol. The molecule has 0 saturated carbocycles. The fourth-order valence-corrected chi connectivity index (χ4v) is 6.60. The van der Waals surface area contributed by atoms with Crippen molar-refractivity contribution in [3.8, 4) is 0 Å². The molecule has 9 heteroatoms. The van der Waals surface area contributed by atoms with E-state index in [1.807, 2.05) is 0 Å². The van der Waals surface area contributed by atoms with Crippen LogP contribution in [0.15, 0.2) is 0 Å². The fraction of sp³-hybridized carbons (Fsp3) is 0.938. The number of carbonyl (C=O) groups is 1. The molecule has 7 nitrogen and oxygen atoms in total. The highest BCUT2D eigenvalue weighted by atomic mass is 32.2. The molecular weight excluding hydrogens is 368 g/mol. The Morgan fingerprint density at radius 3 is 2.04 bits per heavy atom. The average Bonchev–Trinajstić information content (AvgIpc) is 2.80. The number of unbranched alkanes of at least 4 members (excludes halogenated alkanes) is 8. The van der Waals surface area contributed by atoms with Crippen molar-refractivity contribution >= 4 is 25.9 Å². The van der Waals surface area contributed by atoms with Crippen molar-refractivity contribution in [2.45, 2.75) is 82.5 Å². The second-order valence-electron chi connectivity index (χ2n) is 6.74. The molecule has 1 N–H and O–H groups in total. The van der Waals surface area contributed by atoms with E-state index in [2.05, 4.69) is 6.92 Å². The van der Waals surface area contributed by atoms with Gasteiger partial charge in [0.2, 0.25) is 0 Å². The third-order valence-corrected chi connectivity index (χ3v) is 7.55. The molecule has 25 heavy (non-hydrogen) atoms. The maximum atomic E-state index is 11.8. The molecule has 0 radical (unpaired) electrons. The number of rotatable bonds is 12. The van der Waals surface area contributed by atoms with Crippen molar-refractivity contribution in [3.63, 3.8) is 0 Å². The van der Waals surface area contributed by atoms with Gasteiger partial charge in [-0.1, -0.05) is 58.3 Å². The Morgan fingerprint density at radius 2 is 1.52 bits per heavy atom. The van der Waals surface area contributed by atoms with Gasteiger partial charge < -0.3 is 4.74 Å². The topological polar surface area (TPSA) is 115 Å². The highest BCUT2D eigenvalue weighted by molar-refractivity contribution is 7.94. The van der Waals surface area contributed by atoms with E-state index < -0.39 is 48.8 Å². The molecule has 0 aliphatic carbocycles. The Bertz CT molecular complexity index is 610. The van der Waals surface area contributed by atoms with Crippen LogP contribution in [0.25, 0.3) is 0 Å². The third-order valence-electron chi connectivity index (χ3n) is 4.40. The molecule has 0 bridgehead atoms. The van der Waals surface area contributed by atoms with Crippen molar-refractivity contribution in [1.29, 1.82) is 0 Å². The lowest BCUT2D eigenvalue weighted by Crippen LogP contribution is -2.36. The van der Waals surface area contributed by atoms with E-state index in [0.717, 1.165) is 19.3 Å². The van der Waals surface area contributed by atoms with Crippen LogP contribution in [0.5, 0.6) is 0 Å². The van der Waals surface area contributed by atoms with Gasteiger partial charge in [-0.15, -0.1) is 0 Å². The van der Waals surface area contributed by atoms with E-state index in [1.54, 1.807) is 0 Å². The minimum absolute atomic E-state index is 0.130. The minimum atomic E-state index is -4.57. The molecule has 0 aromatic carbocycles. The summed E-state index contributed by atoms with van der Waals surface area (Å²) in [6.45, 7) is 2.18. The molecule has 1 rings (SSSR count). The maximum absolute atomic E-state index is 11.8. The van der Waals surface area contributed by atoms with Gasteiger partial charge in [-0.25, -0.2) is 8.42 Å². The monoisotopic (exact) mass is 398 g/mol. The summed E-state index contributed by atoms with van der Waals surface area (Å²) in [5.41, 5.74) is 0. The molecule has 0 unspecified atom stereocenters. The second-order valence-corrected chi connectivity index (χ2v) is 10.5. The lowest BCUT2D eigenvalue weighted by atomic mass is 10.1. The zero-order valence-electron chi connectivity index (χ0n) is 14.9. The smallest absolute Gasteiger partial charge is 0.306 e. The summed E-state index contributed by atoms with van der Waals surface area (Å²) < 4.78 is 59.7. The summed E-state index contributed by atoms with van der Waals surface area (Å²) in [6.07, 6.45) is 8.69. The Balaban J connectivity index is 2.23. The zero-order chi connectivity index (χ0) is 18.9. The third kappa shape index (κ3) is 9.01. The van der Waals surface area contributed by atoms with E-state index in [-0.39, 0.29) is 6.42 Å². The maximum Gasteiger partial charge on any atom is 0.306 e. The highest BCUT2D eigenvalue weighted by Gasteiger charge is 2.47. The normalized spacial score (nSPS) is 22.8. The Morgan fingerprint density at radius 1 is 1.00 bits per heavy atom. The number of sulfone groups is 1. The minimum Gasteiger partial charge on any atom is -0.460 e. The van der Waals surface area contributed by atoms with Crippen LogP contribution < -0.4 is 0 Å². The molecule has 1 fully saturated rings. The van der Waals surface area contributed by atoms with Crippen LogP contribution in [-0.2, 0) is 29.5 Å². The number of hydrogen-bond donors (Lipinski definition) is 1. The first-order valence-corrected chi connectivity index (χ1v) is 12.3. The lowest BCUT2D eigenvalue weighted by Gasteiger charge is -2.16. The molecule has 1 aliphatic heterocycles. The molecule has 2 atom stereocenters. The second kappa shape index (κ2) is 10.5. The van der Waals surface area contributed by atoms with Crippen molar-refractivity contribution in [2.24, 2.45) is 0 Å². The van der Waals surface area contributed by atoms with E-state index in [9.17, 15) is 21.6 Å². The first kappa shape index (κ1) is 22.4. The molecule has 1 saturated heterocycles. The summed E-state index contributed by atoms with van der Waals surface area (Å²) in [6, 6.07) is 0. The first-order chi connectivity index (χ1) is 11.7. The molecule has 0 aromatic rings. The summed E-state index contributed by atoms with van der Waals surface area (Å²) >= 11 is 0. The number of ether oxygens (including phenoxy) is 1. The number of esters is 1. The van der Waals surface area contributed by atoms with Crippen LogP contribution in [-0.4, -0.2) is 50.2 Å². The Labute approximate surface area is 151 Å². The predicted octanol–water partition coefficient (Wildman–Crippen LogP) is 2.50. The van der Waals surface area contributed by atoms with Crippen LogP contribution in [0.3, 0.4) is 0 Å². The number of hydrogen-bond acceptors (Lipinski definition) is 6. The first-order valence-electron chi connectivity index (χ1n) is 9.02. The molecule has 0 spiro atoms. The van der Waals surface area contributed by atoms with Crippen molar-refractivity contribution < 1.29 is 30.9 Å². The van der Waals surface area contributed by atoms with E-state index >= 15 is 0 Å². The summed E-state index contributed by atoms with van der Waals surface area (Å²) in [5, 5.41) is -1.58. The van der Waals surface area contributed by atoms with Gasteiger partial charge in [0.15, 0.2) is 9.84 Å². The van der Waals surface area contributed by atoms with Gasteiger partial charge in [-0.3, -0.25) is 9.35 Å². The Hall–Kier alpha value is -0.670. The predicted molar refractivity (Wildman–Crippen MR) is 95.7 cm³/mol. The zero-order valence-corrected chi connectivity index (χ0v) is 16.5. The van der Waals surface area contributed by atoms with Crippen LogP contribution in [0.1, 0.15) is 71.1 Å². The van der Waals surface area contributed by atoms with Crippen LogP contribution in [0.4, 0.5) is 0 Å². The van der Waals surface area contributed by atoms with E-state index in [0.29, 0.717) is 6.42 Å². The van der Waals surface area contributed by atoms with E-state index in [4.69, 9.17) is 9.29 Å². The van der Waals surface area contributed by atoms with E-state index in [1.165, 1.54) is 32.1 Å². The number of carbonyl (C=O) groups excluding carboxylic acids is 1. The fourth-order valence-electron chi connectivity index (χ4n) is 2.98. The van der Waals surface area contributed by atoms with Gasteiger partial charge in [-0.05, 0) is 6.42 Å². The Kier molecular flexibility index (Phi) is 9.37. The van der Waals surface area contributed by atoms with Gasteiger partial charge in [0.05, 0.1) is 11.5 Å². The molecule has 0 amide bonds. The molecule has 148 valence electrons. The van der Waals surface area contributed by atoms with Gasteiger partial charge >= 0.3 is 5.97 Å². The highest BCUT2D eigenvalue weighted by Crippen LogP contribution is 2.22. The van der Waals surface area contributed by atoms with Crippen LogP contribution in [0, 0.1) is 0 Å². The largest absolute Gasteiger partial charge is 0.460 e. The van der Waals surface area contributed by atoms with Gasteiger partial charge in [0.1, 0.15) is 11.4 Å². The molecule has 0 aromatic heterocycles. The van der Waals surface area contributed by atoms with Gasteiger partial charge in [-0.2, -0.15) is 8.42 Å². The van der Waals surface area contributed by atoms with Gasteiger partial charge in [0.25, 0.3) is 10.1 Å². The standard InChI is InChI=1S/C16H30O7S2/c1-2-3-4-5-6-7-8-9-10-11-16(17)23-14-12-24(18,19)13-15(14)25(20,21)22/h14-15H,2-13H2,1H3,(H,20,21,22)/t14-,15-/m1/s1. The quantitative estimate of drug-likeness (QED) is 0.305. The van der Waals surface area contributed by atoms with Crippen molar-refractivity contribution in [1.82, 2.24) is 0 Å². The molecular formula is C16H30O7S2. The summed E-state index contributed by atoms with van der Waals surface area (Å²) in [4.78, 5) is 11.8. The SMILES string of the molecule is CCCCCCCCCCCC(=O)O[C@@H]1CS(=O)(=O)C[C@H]1S(=O)(=O)O. The molecule has 1 aliphatic rings. The van der Waals surface area contributed by atoms with Crippen molar-refractivity contribution in [3.05, 3.63) is 0 Å². The summed E-state index contributed by atoms with van der Waals surface area (Å²) in [5.74, 6) is -1.87.